The molecule has 1 aromatic heterocycles. The molecule has 2 aromatic rings. The van der Waals surface area contributed by atoms with E-state index in [1.54, 1.807) is 12.1 Å². The number of carbonyl (C=O) groups excluding carboxylic acids is 2. The summed E-state index contributed by atoms with van der Waals surface area (Å²) in [6.45, 7) is 1.81. The van der Waals surface area contributed by atoms with Gasteiger partial charge in [0.1, 0.15) is 0 Å². The van der Waals surface area contributed by atoms with Gasteiger partial charge in [-0.25, -0.2) is 0 Å². The normalized spacial score (nSPS) is 9.85. The average molecular weight is 304 g/mol. The first-order chi connectivity index (χ1) is 9.51. The first-order valence-corrected chi connectivity index (χ1v) is 6.89. The highest BCUT2D eigenvalue weighted by Crippen LogP contribution is 2.32. The predicted molar refractivity (Wildman–Crippen MR) is 80.8 cm³/mol. The molecule has 0 aliphatic carbocycles. The summed E-state index contributed by atoms with van der Waals surface area (Å²) in [4.78, 5) is 24.7. The fraction of sp³-hybridized carbons (Fsp3) is 0.0667. The van der Waals surface area contributed by atoms with Gasteiger partial charge in [-0.2, -0.15) is 0 Å². The van der Waals surface area contributed by atoms with Crippen molar-refractivity contribution in [3.05, 3.63) is 45.8 Å². The second-order valence-electron chi connectivity index (χ2n) is 4.02. The lowest BCUT2D eigenvalue weighted by atomic mass is 10.1. The molecule has 0 radical (unpaired) electrons. The van der Waals surface area contributed by atoms with E-state index in [4.69, 9.17) is 18.0 Å². The standard InChI is InChI=1S/C15H10ClNO2S/c1-3-14(18)17-15(19)12-8-13(20-9(12)2)10-5-4-6-11(16)7-10/h1,4-8H,2H3,(H,17,18,19). The zero-order valence-electron chi connectivity index (χ0n) is 10.6. The SMILES string of the molecule is C#CC(=O)NC(=O)c1cc(-c2cccc(Cl)c2)sc1C. The van der Waals surface area contributed by atoms with E-state index in [0.717, 1.165) is 15.3 Å². The maximum absolute atomic E-state index is 11.9. The molecule has 1 N–H and O–H groups in total. The van der Waals surface area contributed by atoms with Crippen LogP contribution in [-0.4, -0.2) is 11.8 Å². The smallest absolute Gasteiger partial charge is 0.281 e. The number of rotatable bonds is 2. The van der Waals surface area contributed by atoms with Gasteiger partial charge in [0.05, 0.1) is 5.56 Å². The fourth-order valence-electron chi connectivity index (χ4n) is 1.70. The summed E-state index contributed by atoms with van der Waals surface area (Å²) in [6, 6.07) is 9.08. The lowest BCUT2D eigenvalue weighted by molar-refractivity contribution is -0.114. The minimum atomic E-state index is -0.745. The van der Waals surface area contributed by atoms with Crippen molar-refractivity contribution in [1.82, 2.24) is 5.32 Å². The fourth-order valence-corrected chi connectivity index (χ4v) is 2.90. The van der Waals surface area contributed by atoms with Gasteiger partial charge in [0.25, 0.3) is 5.91 Å². The Kier molecular flexibility index (Phi) is 4.23. The lowest BCUT2D eigenvalue weighted by Gasteiger charge is -1.98. The number of aryl methyl sites for hydroxylation is 1. The van der Waals surface area contributed by atoms with E-state index < -0.39 is 11.8 Å². The van der Waals surface area contributed by atoms with Gasteiger partial charge in [-0.1, -0.05) is 23.7 Å². The number of nitrogens with one attached hydrogen (secondary N) is 1. The number of halogens is 1. The third-order valence-corrected chi connectivity index (χ3v) is 3.96. The molecule has 100 valence electrons. The van der Waals surface area contributed by atoms with Crippen LogP contribution in [0.2, 0.25) is 5.02 Å². The molecule has 0 saturated carbocycles. The molecule has 20 heavy (non-hydrogen) atoms. The minimum absolute atomic E-state index is 0.438. The van der Waals surface area contributed by atoms with Gasteiger partial charge < -0.3 is 0 Å². The summed E-state index contributed by atoms with van der Waals surface area (Å²) >= 11 is 7.41. The van der Waals surface area contributed by atoms with Crippen molar-refractivity contribution in [2.45, 2.75) is 6.92 Å². The molecule has 0 atom stereocenters. The summed E-state index contributed by atoms with van der Waals surface area (Å²) in [7, 11) is 0. The molecule has 0 aliphatic rings. The Morgan fingerprint density at radius 1 is 1.35 bits per heavy atom. The molecule has 0 fully saturated rings. The summed E-state index contributed by atoms with van der Waals surface area (Å²) in [6.07, 6.45) is 4.92. The van der Waals surface area contributed by atoms with Crippen molar-refractivity contribution < 1.29 is 9.59 Å². The zero-order chi connectivity index (χ0) is 14.7. The van der Waals surface area contributed by atoms with Crippen LogP contribution in [0.1, 0.15) is 15.2 Å². The molecule has 0 unspecified atom stereocenters. The summed E-state index contributed by atoms with van der Waals surface area (Å²) in [5, 5.41) is 2.76. The Morgan fingerprint density at radius 2 is 2.10 bits per heavy atom. The molecule has 5 heteroatoms. The van der Waals surface area contributed by atoms with Crippen molar-refractivity contribution in [3.63, 3.8) is 0 Å². The lowest BCUT2D eigenvalue weighted by Crippen LogP contribution is -2.29. The quantitative estimate of drug-likeness (QED) is 0.866. The monoisotopic (exact) mass is 303 g/mol. The number of carbonyl (C=O) groups is 2. The van der Waals surface area contributed by atoms with Crippen LogP contribution in [0.4, 0.5) is 0 Å². The van der Waals surface area contributed by atoms with Crippen molar-refractivity contribution in [2.24, 2.45) is 0 Å². The van der Waals surface area contributed by atoms with E-state index in [0.29, 0.717) is 10.6 Å². The minimum Gasteiger partial charge on any atom is -0.281 e. The second-order valence-corrected chi connectivity index (χ2v) is 5.71. The highest BCUT2D eigenvalue weighted by molar-refractivity contribution is 7.15. The Morgan fingerprint density at radius 3 is 2.75 bits per heavy atom. The molecule has 0 aliphatic heterocycles. The Bertz CT molecular complexity index is 728. The van der Waals surface area contributed by atoms with Gasteiger partial charge in [-0.05, 0) is 36.6 Å². The van der Waals surface area contributed by atoms with Gasteiger partial charge >= 0.3 is 5.91 Å². The number of terminal acetylenes is 1. The first kappa shape index (κ1) is 14.3. The molecule has 2 rings (SSSR count). The van der Waals surface area contributed by atoms with Crippen LogP contribution in [-0.2, 0) is 4.79 Å². The topological polar surface area (TPSA) is 46.2 Å². The van der Waals surface area contributed by atoms with E-state index in [1.165, 1.54) is 11.3 Å². The molecule has 1 heterocycles. The Hall–Kier alpha value is -2.09. The molecule has 0 spiro atoms. The predicted octanol–water partition coefficient (Wildman–Crippen LogP) is 3.27. The number of thiophene rings is 1. The molecular formula is C15H10ClNO2S. The summed E-state index contributed by atoms with van der Waals surface area (Å²) in [5.74, 6) is 0.610. The van der Waals surface area contributed by atoms with Crippen molar-refractivity contribution >= 4 is 34.8 Å². The van der Waals surface area contributed by atoms with Gasteiger partial charge in [0.2, 0.25) is 0 Å². The van der Waals surface area contributed by atoms with Crippen LogP contribution in [0.15, 0.2) is 30.3 Å². The summed E-state index contributed by atoms with van der Waals surface area (Å²) < 4.78 is 0. The molecular weight excluding hydrogens is 294 g/mol. The van der Waals surface area contributed by atoms with Crippen molar-refractivity contribution in [2.75, 3.05) is 0 Å². The van der Waals surface area contributed by atoms with Gasteiger partial charge in [-0.15, -0.1) is 17.8 Å². The van der Waals surface area contributed by atoms with E-state index in [1.807, 2.05) is 31.0 Å². The van der Waals surface area contributed by atoms with Crippen molar-refractivity contribution in [1.29, 1.82) is 0 Å². The highest BCUT2D eigenvalue weighted by atomic mass is 35.5. The molecule has 2 amide bonds. The average Bonchev–Trinajstić information content (AvgIpc) is 2.80. The molecule has 3 nitrogen and oxygen atoms in total. The van der Waals surface area contributed by atoms with E-state index >= 15 is 0 Å². The van der Waals surface area contributed by atoms with Gasteiger partial charge in [0.15, 0.2) is 0 Å². The maximum Gasteiger partial charge on any atom is 0.302 e. The number of imide groups is 1. The Balaban J connectivity index is 2.33. The number of hydrogen-bond donors (Lipinski definition) is 1. The van der Waals surface area contributed by atoms with Crippen molar-refractivity contribution in [3.8, 4) is 22.8 Å². The van der Waals surface area contributed by atoms with Crippen LogP contribution < -0.4 is 5.32 Å². The number of amides is 2. The molecule has 0 bridgehead atoms. The van der Waals surface area contributed by atoms with Crippen LogP contribution in [0.25, 0.3) is 10.4 Å². The summed E-state index contributed by atoms with van der Waals surface area (Å²) in [5.41, 5.74) is 1.36. The van der Waals surface area contributed by atoms with E-state index in [-0.39, 0.29) is 0 Å². The third kappa shape index (κ3) is 3.08. The largest absolute Gasteiger partial charge is 0.302 e. The van der Waals surface area contributed by atoms with Crippen LogP contribution in [0.3, 0.4) is 0 Å². The Labute approximate surface area is 125 Å². The van der Waals surface area contributed by atoms with Crippen LogP contribution in [0, 0.1) is 19.3 Å². The highest BCUT2D eigenvalue weighted by Gasteiger charge is 2.15. The van der Waals surface area contributed by atoms with Gasteiger partial charge in [0, 0.05) is 14.8 Å². The van der Waals surface area contributed by atoms with E-state index in [2.05, 4.69) is 5.32 Å². The third-order valence-electron chi connectivity index (χ3n) is 2.63. The van der Waals surface area contributed by atoms with E-state index in [9.17, 15) is 9.59 Å². The zero-order valence-corrected chi connectivity index (χ0v) is 12.1. The number of benzene rings is 1. The maximum atomic E-state index is 11.9. The number of hydrogen-bond acceptors (Lipinski definition) is 3. The second kappa shape index (κ2) is 5.91. The first-order valence-electron chi connectivity index (χ1n) is 5.69. The van der Waals surface area contributed by atoms with Crippen LogP contribution in [0.5, 0.6) is 0 Å². The molecule has 0 saturated heterocycles. The molecule has 1 aromatic carbocycles. The van der Waals surface area contributed by atoms with Crippen LogP contribution >= 0.6 is 22.9 Å². The van der Waals surface area contributed by atoms with Gasteiger partial charge in [-0.3, -0.25) is 14.9 Å².